The molecule has 354 valence electrons. The third-order valence-electron chi connectivity index (χ3n) is 11.6. The summed E-state index contributed by atoms with van der Waals surface area (Å²) in [5, 5.41) is 4.91. The maximum atomic E-state index is 14.3. The van der Waals surface area contributed by atoms with E-state index >= 15 is 0 Å². The van der Waals surface area contributed by atoms with Gasteiger partial charge in [0.2, 0.25) is 5.88 Å². The van der Waals surface area contributed by atoms with E-state index in [0.29, 0.717) is 84.9 Å². The van der Waals surface area contributed by atoms with Gasteiger partial charge < -0.3 is 23.8 Å². The van der Waals surface area contributed by atoms with E-state index in [2.05, 4.69) is 36.6 Å². The number of halogens is 2. The van der Waals surface area contributed by atoms with Crippen LogP contribution in [0.1, 0.15) is 16.8 Å². The Labute approximate surface area is 399 Å². The standard InChI is InChI=1S/C49H51ClFN9O7S/c1-32-37(18-19-42(45(32)50)65-27-26-59-24-22-58(4)23-25-59)44-39(33-14-16-35(51)17-15-33)29-60-46(44)49(53-31-54-60)67-43(48(61)56-68(62,63)57(2)3)28-34-10-6-8-12-40(34)66-30-36-20-21-52-47(55-36)38-11-7-9-13-41(38)64-5/h6-21,29,31,43H,22-28,30H2,1-5H3,(H,56,61). The van der Waals surface area contributed by atoms with Crippen molar-refractivity contribution in [3.05, 3.63) is 137 Å². The first-order valence-electron chi connectivity index (χ1n) is 21.8. The van der Waals surface area contributed by atoms with Gasteiger partial charge in [0.1, 0.15) is 48.1 Å². The number of benzene rings is 4. The number of hydrogen-bond acceptors (Lipinski definition) is 13. The molecule has 1 saturated heterocycles. The molecule has 1 aliphatic heterocycles. The number of rotatable bonds is 18. The van der Waals surface area contributed by atoms with Gasteiger partial charge >= 0.3 is 10.2 Å². The first-order chi connectivity index (χ1) is 32.8. The van der Waals surface area contributed by atoms with Gasteiger partial charge in [-0.25, -0.2) is 23.6 Å². The fourth-order valence-corrected chi connectivity index (χ4v) is 8.59. The number of piperazine rings is 1. The topological polar surface area (TPSA) is 166 Å². The highest BCUT2D eigenvalue weighted by Crippen LogP contribution is 2.44. The predicted octanol–water partition coefficient (Wildman–Crippen LogP) is 6.75. The smallest absolute Gasteiger partial charge is 0.303 e. The average Bonchev–Trinajstić information content (AvgIpc) is 3.73. The number of amides is 1. The molecule has 3 aromatic heterocycles. The van der Waals surface area contributed by atoms with Gasteiger partial charge in [-0.05, 0) is 78.7 Å². The number of nitrogens with zero attached hydrogens (tertiary/aromatic N) is 8. The Morgan fingerprint density at radius 1 is 0.882 bits per heavy atom. The second-order valence-electron chi connectivity index (χ2n) is 16.4. The molecule has 7 aromatic rings. The van der Waals surface area contributed by atoms with Crippen LogP contribution in [0.25, 0.3) is 39.2 Å². The Morgan fingerprint density at radius 3 is 2.37 bits per heavy atom. The summed E-state index contributed by atoms with van der Waals surface area (Å²) in [4.78, 5) is 32.6. The highest BCUT2D eigenvalue weighted by molar-refractivity contribution is 7.87. The minimum Gasteiger partial charge on any atom is -0.496 e. The third kappa shape index (κ3) is 10.8. The molecule has 16 nitrogen and oxygen atoms in total. The first kappa shape index (κ1) is 47.8. The lowest BCUT2D eigenvalue weighted by Gasteiger charge is -2.32. The summed E-state index contributed by atoms with van der Waals surface area (Å²) in [6, 6.07) is 25.9. The maximum absolute atomic E-state index is 14.3. The van der Waals surface area contributed by atoms with Crippen LogP contribution in [-0.4, -0.2) is 127 Å². The van der Waals surface area contributed by atoms with Gasteiger partial charge in [-0.3, -0.25) is 9.69 Å². The van der Waals surface area contributed by atoms with Gasteiger partial charge in [0.05, 0.1) is 23.4 Å². The van der Waals surface area contributed by atoms with Crippen molar-refractivity contribution in [2.45, 2.75) is 26.1 Å². The van der Waals surface area contributed by atoms with Gasteiger partial charge in [0.25, 0.3) is 5.91 Å². The number of hydrogen-bond donors (Lipinski definition) is 1. The van der Waals surface area contributed by atoms with E-state index in [1.165, 1.54) is 32.6 Å². The van der Waals surface area contributed by atoms with Crippen molar-refractivity contribution in [3.8, 4) is 56.8 Å². The van der Waals surface area contributed by atoms with E-state index in [1.807, 2.05) is 37.3 Å². The monoisotopic (exact) mass is 963 g/mol. The molecule has 1 aliphatic rings. The van der Waals surface area contributed by atoms with Crippen molar-refractivity contribution < 1.29 is 36.6 Å². The molecule has 0 spiro atoms. The number of fused-ring (bicyclic) bond motifs is 1. The molecule has 1 atom stereocenters. The molecular formula is C49H51ClFN9O7S. The van der Waals surface area contributed by atoms with Gasteiger partial charge in [-0.15, -0.1) is 0 Å². The second kappa shape index (κ2) is 21.1. The molecule has 19 heteroatoms. The molecule has 1 N–H and O–H groups in total. The molecule has 4 aromatic carbocycles. The van der Waals surface area contributed by atoms with Crippen molar-refractivity contribution in [2.24, 2.45) is 0 Å². The number of para-hydroxylation sites is 2. The van der Waals surface area contributed by atoms with Crippen LogP contribution >= 0.6 is 11.6 Å². The van der Waals surface area contributed by atoms with E-state index in [0.717, 1.165) is 37.0 Å². The minimum atomic E-state index is -4.27. The number of nitrogens with one attached hydrogen (secondary N) is 1. The highest BCUT2D eigenvalue weighted by atomic mass is 35.5. The Bertz CT molecular complexity index is 3020. The lowest BCUT2D eigenvalue weighted by molar-refractivity contribution is -0.126. The average molecular weight is 965 g/mol. The molecular weight excluding hydrogens is 913 g/mol. The van der Waals surface area contributed by atoms with E-state index in [-0.39, 0.29) is 18.9 Å². The zero-order valence-electron chi connectivity index (χ0n) is 38.2. The molecule has 68 heavy (non-hydrogen) atoms. The largest absolute Gasteiger partial charge is 0.496 e. The molecule has 0 saturated carbocycles. The number of likely N-dealkylation sites (N-methyl/N-ethyl adjacent to an activating group) is 1. The van der Waals surface area contributed by atoms with E-state index in [9.17, 15) is 17.6 Å². The molecule has 1 amide bonds. The van der Waals surface area contributed by atoms with E-state index < -0.39 is 28.0 Å². The maximum Gasteiger partial charge on any atom is 0.303 e. The lowest BCUT2D eigenvalue weighted by Crippen LogP contribution is -2.47. The fourth-order valence-electron chi connectivity index (χ4n) is 7.80. The Kier molecular flexibility index (Phi) is 14.8. The second-order valence-corrected chi connectivity index (χ2v) is 18.6. The molecule has 8 rings (SSSR count). The van der Waals surface area contributed by atoms with Crippen LogP contribution in [0.2, 0.25) is 5.02 Å². The van der Waals surface area contributed by atoms with Gasteiger partial charge in [-0.1, -0.05) is 60.1 Å². The lowest BCUT2D eigenvalue weighted by atomic mass is 9.94. The van der Waals surface area contributed by atoms with Crippen molar-refractivity contribution in [1.82, 2.24) is 43.4 Å². The predicted molar refractivity (Wildman–Crippen MR) is 257 cm³/mol. The van der Waals surface area contributed by atoms with Crippen LogP contribution in [0.15, 0.2) is 110 Å². The first-order valence-corrected chi connectivity index (χ1v) is 23.6. The quantitative estimate of drug-likeness (QED) is 0.0962. The van der Waals surface area contributed by atoms with E-state index in [4.69, 9.17) is 35.5 Å². The molecule has 0 radical (unpaired) electrons. The summed E-state index contributed by atoms with van der Waals surface area (Å²) in [6.07, 6.45) is 2.99. The molecule has 1 fully saturated rings. The summed E-state index contributed by atoms with van der Waals surface area (Å²) in [7, 11) is 2.02. The number of carbonyl (C=O) groups is 1. The fraction of sp³-hybridized carbons (Fsp3) is 0.286. The van der Waals surface area contributed by atoms with E-state index in [1.54, 1.807) is 72.5 Å². The third-order valence-corrected chi connectivity index (χ3v) is 13.5. The van der Waals surface area contributed by atoms with Gasteiger partial charge in [0, 0.05) is 76.8 Å². The van der Waals surface area contributed by atoms with Crippen molar-refractivity contribution in [1.29, 1.82) is 0 Å². The summed E-state index contributed by atoms with van der Waals surface area (Å²) in [5.41, 5.74) is 5.32. The van der Waals surface area contributed by atoms with Crippen LogP contribution in [0, 0.1) is 12.7 Å². The molecule has 0 bridgehead atoms. The van der Waals surface area contributed by atoms with Crippen molar-refractivity contribution in [2.75, 3.05) is 67.6 Å². The van der Waals surface area contributed by atoms with Gasteiger partial charge in [0.15, 0.2) is 11.9 Å². The number of methoxy groups -OCH3 is 1. The Morgan fingerprint density at radius 2 is 1.62 bits per heavy atom. The summed E-state index contributed by atoms with van der Waals surface area (Å²) < 4.78 is 69.9. The summed E-state index contributed by atoms with van der Waals surface area (Å²) >= 11 is 7.09. The Hall–Kier alpha value is -6.70. The van der Waals surface area contributed by atoms with Crippen LogP contribution in [0.5, 0.6) is 23.1 Å². The van der Waals surface area contributed by atoms with Crippen LogP contribution < -0.4 is 23.7 Å². The summed E-state index contributed by atoms with van der Waals surface area (Å²) in [5.74, 6) is 0.548. The Balaban J connectivity index is 1.14. The minimum absolute atomic E-state index is 0.0304. The van der Waals surface area contributed by atoms with Gasteiger partial charge in [-0.2, -0.15) is 22.8 Å². The van der Waals surface area contributed by atoms with Crippen LogP contribution in [-0.2, 0) is 28.0 Å². The SMILES string of the molecule is COc1ccccc1-c1nccc(COc2ccccc2CC(Oc2ncnn3cc(-c4ccc(F)cc4)c(-c4ccc(OCCN5CCN(C)CC5)c(Cl)c4C)c23)C(=O)NS(=O)(=O)N(C)C)n1. The normalized spacial score (nSPS) is 13.9. The highest BCUT2D eigenvalue weighted by Gasteiger charge is 2.31. The van der Waals surface area contributed by atoms with Crippen LogP contribution in [0.4, 0.5) is 4.39 Å². The number of ether oxygens (including phenoxy) is 4. The molecule has 4 heterocycles. The van der Waals surface area contributed by atoms with Crippen LogP contribution in [0.3, 0.4) is 0 Å². The zero-order chi connectivity index (χ0) is 48.0. The number of aromatic nitrogens is 5. The van der Waals surface area contributed by atoms with Crippen molar-refractivity contribution in [3.63, 3.8) is 0 Å². The zero-order valence-corrected chi connectivity index (χ0v) is 39.8. The van der Waals surface area contributed by atoms with Crippen molar-refractivity contribution >= 4 is 33.2 Å². The molecule has 1 unspecified atom stereocenters. The summed E-state index contributed by atoms with van der Waals surface area (Å²) in [6.45, 7) is 6.98. The number of carbonyl (C=O) groups excluding carboxylic acids is 1. The molecule has 0 aliphatic carbocycles.